The van der Waals surface area contributed by atoms with E-state index in [2.05, 4.69) is 39.6 Å². The third kappa shape index (κ3) is 17.6. The molecule has 0 aromatic carbocycles. The fourth-order valence-corrected chi connectivity index (χ4v) is 3.96. The van der Waals surface area contributed by atoms with Crippen LogP contribution >= 0.6 is 11.9 Å². The SMILES string of the molecule is CCCCCCC[N+](CC)(CCCCCCC)CCCCCCC.[O-]Cl. The van der Waals surface area contributed by atoms with Crippen molar-refractivity contribution >= 4 is 11.9 Å². The van der Waals surface area contributed by atoms with E-state index in [4.69, 9.17) is 4.66 Å². The van der Waals surface area contributed by atoms with E-state index in [0.717, 1.165) is 0 Å². The van der Waals surface area contributed by atoms with Crippen molar-refractivity contribution in [2.75, 3.05) is 26.2 Å². The molecule has 0 heterocycles. The fourth-order valence-electron chi connectivity index (χ4n) is 3.96. The Morgan fingerprint density at radius 2 is 0.731 bits per heavy atom. The van der Waals surface area contributed by atoms with Gasteiger partial charge in [0, 0.05) is 0 Å². The monoisotopic (exact) mass is 391 g/mol. The summed E-state index contributed by atoms with van der Waals surface area (Å²) in [5.74, 6) is 0. The van der Waals surface area contributed by atoms with Crippen molar-refractivity contribution in [2.45, 2.75) is 124 Å². The molecule has 2 nitrogen and oxygen atoms in total. The lowest BCUT2D eigenvalue weighted by Crippen LogP contribution is -2.50. The van der Waals surface area contributed by atoms with Gasteiger partial charge in [0.05, 0.1) is 26.2 Å². The quantitative estimate of drug-likeness (QED) is 0.168. The highest BCUT2D eigenvalue weighted by Crippen LogP contribution is 2.17. The molecular weight excluding hydrogens is 342 g/mol. The lowest BCUT2D eigenvalue weighted by molar-refractivity contribution is -0.927. The molecule has 0 fully saturated rings. The Labute approximate surface area is 171 Å². The second-order valence-electron chi connectivity index (χ2n) is 8.07. The van der Waals surface area contributed by atoms with E-state index in [1.807, 2.05) is 0 Å². The van der Waals surface area contributed by atoms with Crippen molar-refractivity contribution in [1.82, 2.24) is 0 Å². The third-order valence-corrected chi connectivity index (χ3v) is 5.88. The molecule has 0 radical (unpaired) electrons. The van der Waals surface area contributed by atoms with Crippen LogP contribution in [0, 0.1) is 0 Å². The lowest BCUT2D eigenvalue weighted by Gasteiger charge is -2.38. The average molecular weight is 392 g/mol. The molecule has 3 heteroatoms. The van der Waals surface area contributed by atoms with Gasteiger partial charge in [0.15, 0.2) is 0 Å². The van der Waals surface area contributed by atoms with Crippen molar-refractivity contribution in [3.8, 4) is 0 Å². The summed E-state index contributed by atoms with van der Waals surface area (Å²) in [6.45, 7) is 15.1. The van der Waals surface area contributed by atoms with Gasteiger partial charge in [-0.15, -0.1) is 0 Å². The topological polar surface area (TPSA) is 23.1 Å². The van der Waals surface area contributed by atoms with E-state index in [9.17, 15) is 0 Å². The number of halogens is 1. The van der Waals surface area contributed by atoms with Crippen LogP contribution in [0.3, 0.4) is 0 Å². The minimum Gasteiger partial charge on any atom is -0.769 e. The first-order valence-corrected chi connectivity index (χ1v) is 12.1. The molecule has 26 heavy (non-hydrogen) atoms. The van der Waals surface area contributed by atoms with Crippen LogP contribution in [0.4, 0.5) is 0 Å². The summed E-state index contributed by atoms with van der Waals surface area (Å²) in [7, 11) is 0. The highest BCUT2D eigenvalue weighted by atomic mass is 35.5. The first-order valence-electron chi connectivity index (χ1n) is 11.7. The number of quaternary nitrogens is 1. The lowest BCUT2D eigenvalue weighted by atomic mass is 10.1. The zero-order valence-electron chi connectivity index (χ0n) is 18.7. The molecule has 160 valence electrons. The first-order chi connectivity index (χ1) is 12.7. The van der Waals surface area contributed by atoms with Crippen molar-refractivity contribution in [1.29, 1.82) is 0 Å². The number of hydrogen-bond donors (Lipinski definition) is 0. The number of nitrogens with zero attached hydrogens (tertiary/aromatic N) is 1. The van der Waals surface area contributed by atoms with Crippen LogP contribution in [-0.2, 0) is 0 Å². The van der Waals surface area contributed by atoms with E-state index >= 15 is 0 Å². The second kappa shape index (κ2) is 23.2. The molecule has 0 spiro atoms. The van der Waals surface area contributed by atoms with Crippen LogP contribution < -0.4 is 4.66 Å². The average Bonchev–Trinajstić information content (AvgIpc) is 2.68. The van der Waals surface area contributed by atoms with E-state index in [0.29, 0.717) is 0 Å². The Kier molecular flexibility index (Phi) is 25.4. The van der Waals surface area contributed by atoms with Crippen LogP contribution in [0.15, 0.2) is 0 Å². The van der Waals surface area contributed by atoms with Gasteiger partial charge in [0.25, 0.3) is 0 Å². The molecule has 0 saturated carbocycles. The smallest absolute Gasteiger partial charge is 0.0786 e. The highest BCUT2D eigenvalue weighted by Gasteiger charge is 2.23. The molecule has 0 aromatic heterocycles. The maximum absolute atomic E-state index is 7.72. The molecule has 0 aliphatic carbocycles. The van der Waals surface area contributed by atoms with Crippen molar-refractivity contribution in [3.63, 3.8) is 0 Å². The van der Waals surface area contributed by atoms with E-state index in [-0.39, 0.29) is 0 Å². The minimum absolute atomic E-state index is 1.36. The zero-order valence-corrected chi connectivity index (χ0v) is 19.4. The number of rotatable bonds is 19. The van der Waals surface area contributed by atoms with Crippen LogP contribution in [0.2, 0.25) is 0 Å². The maximum Gasteiger partial charge on any atom is 0.0786 e. The molecule has 0 N–H and O–H groups in total. The van der Waals surface area contributed by atoms with Gasteiger partial charge in [-0.05, 0) is 45.4 Å². The summed E-state index contributed by atoms with van der Waals surface area (Å²) in [6.07, 6.45) is 21.5. The Morgan fingerprint density at radius 3 is 0.962 bits per heavy atom. The summed E-state index contributed by atoms with van der Waals surface area (Å²) in [6, 6.07) is 0. The van der Waals surface area contributed by atoms with E-state index in [1.54, 1.807) is 0 Å². The summed E-state index contributed by atoms with van der Waals surface area (Å²) in [5.41, 5.74) is 0. The third-order valence-electron chi connectivity index (χ3n) is 5.88. The second-order valence-corrected chi connectivity index (χ2v) is 8.07. The standard InChI is InChI=1S/C23H50N.ClO/c1-5-9-12-15-18-21-24(8-4,22-19-16-13-10-6-2)23-20-17-14-11-7-3;1-2/h5-23H2,1-4H3;/q+1;-1. The van der Waals surface area contributed by atoms with Gasteiger partial charge in [-0.25, -0.2) is 11.9 Å². The Morgan fingerprint density at radius 1 is 0.462 bits per heavy atom. The van der Waals surface area contributed by atoms with Crippen LogP contribution in [-0.4, -0.2) is 30.7 Å². The largest absolute Gasteiger partial charge is 0.769 e. The van der Waals surface area contributed by atoms with Gasteiger partial charge >= 0.3 is 0 Å². The molecule has 0 rings (SSSR count). The molecule has 0 unspecified atom stereocenters. The molecular formula is C23H50ClNO. The maximum atomic E-state index is 7.72. The number of hydrogen-bond acceptors (Lipinski definition) is 1. The zero-order chi connectivity index (χ0) is 19.9. The molecule has 0 atom stereocenters. The summed E-state index contributed by atoms with van der Waals surface area (Å²) >= 11 is 3.39. The molecule has 0 saturated heterocycles. The molecule has 0 amide bonds. The van der Waals surface area contributed by atoms with E-state index < -0.39 is 0 Å². The van der Waals surface area contributed by atoms with Gasteiger partial charge in [0.2, 0.25) is 0 Å². The minimum atomic E-state index is 1.36. The first kappa shape index (κ1) is 28.4. The predicted molar refractivity (Wildman–Crippen MR) is 118 cm³/mol. The summed E-state index contributed by atoms with van der Waals surface area (Å²) in [5, 5.41) is 0. The Hall–Kier alpha value is 0.210. The van der Waals surface area contributed by atoms with E-state index in [1.165, 1.54) is 127 Å². The normalized spacial score (nSPS) is 11.3. The van der Waals surface area contributed by atoms with Crippen LogP contribution in [0.1, 0.15) is 124 Å². The molecule has 0 aromatic rings. The summed E-state index contributed by atoms with van der Waals surface area (Å²) < 4.78 is 9.14. The van der Waals surface area contributed by atoms with Gasteiger partial charge < -0.3 is 9.14 Å². The number of unbranched alkanes of at least 4 members (excludes halogenated alkanes) is 12. The highest BCUT2D eigenvalue weighted by molar-refractivity contribution is 6.02. The van der Waals surface area contributed by atoms with Crippen molar-refractivity contribution in [3.05, 3.63) is 0 Å². The van der Waals surface area contributed by atoms with Gasteiger partial charge in [-0.1, -0.05) is 78.6 Å². The van der Waals surface area contributed by atoms with Gasteiger partial charge in [-0.2, -0.15) is 0 Å². The van der Waals surface area contributed by atoms with Crippen molar-refractivity contribution < 1.29 is 9.14 Å². The Balaban J connectivity index is 0. The molecule has 0 bridgehead atoms. The van der Waals surface area contributed by atoms with Crippen LogP contribution in [0.25, 0.3) is 0 Å². The van der Waals surface area contributed by atoms with Gasteiger partial charge in [-0.3, -0.25) is 0 Å². The summed E-state index contributed by atoms with van der Waals surface area (Å²) in [4.78, 5) is 0. The van der Waals surface area contributed by atoms with Crippen molar-refractivity contribution in [2.24, 2.45) is 0 Å². The Bertz CT molecular complexity index is 212. The predicted octanol–water partition coefficient (Wildman–Crippen LogP) is 7.23. The van der Waals surface area contributed by atoms with Gasteiger partial charge in [0.1, 0.15) is 0 Å². The fraction of sp³-hybridized carbons (Fsp3) is 1.00. The molecule has 0 aliphatic heterocycles. The molecule has 0 aliphatic rings. The van der Waals surface area contributed by atoms with Crippen LogP contribution in [0.5, 0.6) is 0 Å².